The van der Waals surface area contributed by atoms with Crippen molar-refractivity contribution in [3.63, 3.8) is 0 Å². The predicted octanol–water partition coefficient (Wildman–Crippen LogP) is 13.7. The van der Waals surface area contributed by atoms with E-state index in [-0.39, 0.29) is 85.6 Å². The number of nitrogens with one attached hydrogen (secondary N) is 2. The molecule has 748 valence electrons. The lowest BCUT2D eigenvalue weighted by molar-refractivity contribution is -0.139. The van der Waals surface area contributed by atoms with Gasteiger partial charge >= 0.3 is 35.4 Å². The number of esters is 1. The van der Waals surface area contributed by atoms with Crippen molar-refractivity contribution in [2.45, 2.75) is 131 Å². The Morgan fingerprint density at radius 2 is 0.638 bits per heavy atom. The van der Waals surface area contributed by atoms with Crippen molar-refractivity contribution in [2.24, 2.45) is 11.5 Å². The fraction of sp³-hybridized carbons (Fsp3) is 0.343. The number of carbonyl (C=O) groups is 3. The zero-order valence-electron chi connectivity index (χ0n) is 79.2. The lowest BCUT2D eigenvalue weighted by Gasteiger charge is -2.37. The van der Waals surface area contributed by atoms with E-state index in [1.807, 2.05) is 162 Å². The van der Waals surface area contributed by atoms with Gasteiger partial charge in [-0.3, -0.25) is 66.1 Å². The molecular formula is C105H118F10N16O10. The average molecular weight is 1950 g/mol. The molecule has 2 amide bonds. The van der Waals surface area contributed by atoms with Gasteiger partial charge in [-0.2, -0.15) is 26.3 Å². The summed E-state index contributed by atoms with van der Waals surface area (Å²) in [5.74, 6) is -5.03. The summed E-state index contributed by atoms with van der Waals surface area (Å²) in [4.78, 5) is 132. The van der Waals surface area contributed by atoms with E-state index < -0.39 is 117 Å². The first-order valence-electron chi connectivity index (χ1n) is 45.8. The van der Waals surface area contributed by atoms with Crippen LogP contribution in [-0.2, 0) is 76.0 Å². The summed E-state index contributed by atoms with van der Waals surface area (Å²) in [5.41, 5.74) is 11.5. The van der Waals surface area contributed by atoms with Crippen LogP contribution in [0.1, 0.15) is 149 Å². The number of hydrogen-bond acceptors (Lipinski definition) is 18. The van der Waals surface area contributed by atoms with Crippen molar-refractivity contribution in [1.29, 1.82) is 0 Å². The van der Waals surface area contributed by atoms with Gasteiger partial charge in [-0.1, -0.05) is 167 Å². The van der Waals surface area contributed by atoms with Crippen LogP contribution in [0.2, 0.25) is 0 Å². The number of alkyl halides is 6. The molecule has 15 rings (SSSR count). The topological polar surface area (TPSA) is 288 Å². The van der Waals surface area contributed by atoms with Crippen LogP contribution in [0.5, 0.6) is 0 Å². The highest BCUT2D eigenvalue weighted by Gasteiger charge is 2.39. The minimum atomic E-state index is -4.85. The Kier molecular flexibility index (Phi) is 36.7. The highest BCUT2D eigenvalue weighted by atomic mass is 19.4. The third-order valence-electron chi connectivity index (χ3n) is 25.6. The number of ether oxygens (including phenoxy) is 1. The second-order valence-electron chi connectivity index (χ2n) is 34.6. The lowest BCUT2D eigenvalue weighted by Crippen LogP contribution is -2.51. The summed E-state index contributed by atoms with van der Waals surface area (Å²) in [6.45, 7) is 14.2. The summed E-state index contributed by atoms with van der Waals surface area (Å²) in [7, 11) is 5.98. The minimum absolute atomic E-state index is 0. The van der Waals surface area contributed by atoms with Gasteiger partial charge in [0.2, 0.25) is 0 Å². The van der Waals surface area contributed by atoms with Gasteiger partial charge in [-0.25, -0.2) is 36.7 Å². The molecule has 0 unspecified atom stereocenters. The number of benzene rings is 9. The quantitative estimate of drug-likeness (QED) is 0.0275. The zero-order valence-corrected chi connectivity index (χ0v) is 79.2. The van der Waals surface area contributed by atoms with E-state index >= 15 is 0 Å². The largest absolute Gasteiger partial charge is 0.465 e. The molecule has 0 spiro atoms. The van der Waals surface area contributed by atoms with Crippen molar-refractivity contribution in [3.8, 4) is 0 Å². The number of carbonyl (C=O) groups excluding carboxylic acids is 3. The molecule has 0 radical (unpaired) electrons. The number of anilines is 3. The SMILES string of the molecule is C.CN.CNC(=O)c1cccc(CN2CCN(c3c(C)n(Cc4c(F)cccc4C(F)(F)F)c(=O)n(C[C@H](C)c4ccccc4)c3=O)CC2)c1.CNC(=O)c1cccc(CN2CCN(c3c(C)n(Cc4c(F)cccc4F)c(=O)n(C[C@H](N)c4ccccc4)c3=O)CC2)c1.COC(=O)c1cccc(CN2CCN(c3c(C)n(Cc4c(F)cccc4C(F)(F)F)c(=O)n(C[C@H](C)c4ccccc4)c3=O)CC2)c1. The van der Waals surface area contributed by atoms with Crippen LogP contribution < -0.4 is 70.5 Å². The Labute approximate surface area is 809 Å². The van der Waals surface area contributed by atoms with Gasteiger partial charge in [-0.15, -0.1) is 0 Å². The number of nitrogens with two attached hydrogens (primary N) is 2. The fourth-order valence-corrected chi connectivity index (χ4v) is 17.9. The molecule has 0 saturated carbocycles. The first kappa shape index (κ1) is 107. The van der Waals surface area contributed by atoms with Crippen LogP contribution in [0.25, 0.3) is 0 Å². The molecule has 3 atom stereocenters. The molecule has 6 heterocycles. The second-order valence-corrected chi connectivity index (χ2v) is 34.6. The van der Waals surface area contributed by atoms with Gasteiger partial charge in [0, 0.05) is 176 Å². The molecule has 12 aromatic rings. The molecule has 0 bridgehead atoms. The molecule has 26 nitrogen and oxygen atoms in total. The van der Waals surface area contributed by atoms with Crippen LogP contribution in [0, 0.1) is 44.0 Å². The van der Waals surface area contributed by atoms with E-state index in [1.165, 1.54) is 38.6 Å². The van der Waals surface area contributed by atoms with Crippen molar-refractivity contribution in [2.75, 3.05) is 121 Å². The van der Waals surface area contributed by atoms with Crippen LogP contribution in [0.4, 0.5) is 61.0 Å². The Morgan fingerprint density at radius 1 is 0.362 bits per heavy atom. The van der Waals surface area contributed by atoms with Gasteiger partial charge < -0.3 is 41.5 Å². The summed E-state index contributed by atoms with van der Waals surface area (Å²) in [6.07, 6.45) is -9.69. The van der Waals surface area contributed by atoms with Crippen molar-refractivity contribution in [3.05, 3.63) is 399 Å². The second kappa shape index (κ2) is 48.2. The highest BCUT2D eigenvalue weighted by molar-refractivity contribution is 5.94. The summed E-state index contributed by atoms with van der Waals surface area (Å²) < 4.78 is 154. The maximum absolute atomic E-state index is 15.0. The normalized spacial score (nSPS) is 14.3. The summed E-state index contributed by atoms with van der Waals surface area (Å²) in [6, 6.07) is 57.9. The van der Waals surface area contributed by atoms with E-state index in [0.717, 1.165) is 105 Å². The van der Waals surface area contributed by atoms with E-state index in [4.69, 9.17) is 10.5 Å². The van der Waals surface area contributed by atoms with Crippen LogP contribution >= 0.6 is 0 Å². The van der Waals surface area contributed by atoms with Gasteiger partial charge in [-0.05, 0) is 146 Å². The molecule has 141 heavy (non-hydrogen) atoms. The van der Waals surface area contributed by atoms with Gasteiger partial charge in [0.15, 0.2) is 0 Å². The van der Waals surface area contributed by atoms with Crippen molar-refractivity contribution < 1.29 is 63.0 Å². The number of rotatable bonds is 27. The standard InChI is InChI=1S/C35H37F4N5O3.C35H36F4N4O4.C33H36F2N6O3.CH5N.CH4/c1-23(26-10-5-4-6-11-26)20-44-33(46)31(24(2)43(34(44)47)22-28-29(35(37,38)39)13-8-14-30(28)36)42-17-15-41(16-18-42)21-25-9-7-12-27(19-25)32(45)40-3;1-23(26-10-5-4-6-11-26)20-43-32(44)31(24(2)42(34(43)46)22-28-29(35(37,38)39)13-8-14-30(28)36)41-17-15-40(16-18-41)21-25-9-7-12-27(19-25)33(45)47-3;1-22-30(39-16-14-38(15-17-39)19-23-8-6-11-25(18-23)31(42)37-2)32(43)41(21-29(36)24-9-4-3-5-10-24)33(44)40(22)20-26-27(34)12-7-13-28(26)35;1-2;/h4-14,19,23H,15-18,20-22H2,1-3H3,(H,40,45);4-14,19,23H,15-18,20-22H2,1-3H3;3-13,18,29H,14-17,19-21,36H2,1-2H3,(H,37,42);2H2,1H3;1H4/t2*23-;29-;;/m000../s1. The predicted molar refractivity (Wildman–Crippen MR) is 525 cm³/mol. The number of halogens is 10. The maximum Gasteiger partial charge on any atom is 0.416 e. The molecule has 3 saturated heterocycles. The molecule has 3 aliphatic heterocycles. The molecular weight excluding hydrogens is 1840 g/mol. The Bertz CT molecular complexity index is 6480. The average Bonchev–Trinajstić information content (AvgIpc) is 0.759. The number of piperazine rings is 3. The molecule has 3 aromatic heterocycles. The summed E-state index contributed by atoms with van der Waals surface area (Å²) in [5, 5.41) is 5.26. The zero-order chi connectivity index (χ0) is 101. The first-order chi connectivity index (χ1) is 66.9. The Balaban J connectivity index is 0.000000200. The monoisotopic (exact) mass is 1950 g/mol. The van der Waals surface area contributed by atoms with Gasteiger partial charge in [0.1, 0.15) is 40.3 Å². The number of amides is 2. The number of hydrogen-bond donors (Lipinski definition) is 4. The molecule has 3 aliphatic rings. The summed E-state index contributed by atoms with van der Waals surface area (Å²) >= 11 is 0. The molecule has 36 heteroatoms. The minimum Gasteiger partial charge on any atom is -0.465 e. The Morgan fingerprint density at radius 3 is 0.950 bits per heavy atom. The van der Waals surface area contributed by atoms with Gasteiger partial charge in [0.25, 0.3) is 28.5 Å². The molecule has 9 aromatic carbocycles. The number of methoxy groups -OCH3 is 1. The molecule has 6 N–H and O–H groups in total. The fourth-order valence-electron chi connectivity index (χ4n) is 17.9. The van der Waals surface area contributed by atoms with Crippen LogP contribution in [-0.4, -0.2) is 167 Å². The van der Waals surface area contributed by atoms with Crippen molar-refractivity contribution in [1.82, 2.24) is 52.7 Å². The Hall–Kier alpha value is -14.1. The maximum atomic E-state index is 15.0. The third-order valence-corrected chi connectivity index (χ3v) is 25.6. The molecule has 0 aliphatic carbocycles. The highest BCUT2D eigenvalue weighted by Crippen LogP contribution is 2.37. The van der Waals surface area contributed by atoms with E-state index in [1.54, 1.807) is 51.4 Å². The number of nitrogens with zero attached hydrogens (tertiary/aromatic N) is 12. The van der Waals surface area contributed by atoms with E-state index in [0.29, 0.717) is 126 Å². The smallest absolute Gasteiger partial charge is 0.416 e. The van der Waals surface area contributed by atoms with E-state index in [9.17, 15) is 87.1 Å². The molecule has 3 fully saturated rings. The lowest BCUT2D eigenvalue weighted by atomic mass is 10.0. The van der Waals surface area contributed by atoms with Gasteiger partial charge in [0.05, 0.1) is 50.0 Å². The first-order valence-corrected chi connectivity index (χ1v) is 45.8. The third kappa shape index (κ3) is 25.8. The van der Waals surface area contributed by atoms with Crippen LogP contribution in [0.3, 0.4) is 0 Å². The van der Waals surface area contributed by atoms with Crippen molar-refractivity contribution >= 4 is 34.8 Å². The van der Waals surface area contributed by atoms with E-state index in [2.05, 4.69) is 31.1 Å². The van der Waals surface area contributed by atoms with Crippen LogP contribution in [0.15, 0.2) is 247 Å². The number of aromatic nitrogens is 6.